The van der Waals surface area contributed by atoms with Crippen molar-refractivity contribution in [2.24, 2.45) is 0 Å². The predicted octanol–water partition coefficient (Wildman–Crippen LogP) is 4.05. The lowest BCUT2D eigenvalue weighted by atomic mass is 10.0. The Morgan fingerprint density at radius 3 is 2.73 bits per heavy atom. The number of hydrogen-bond donors (Lipinski definition) is 0. The Balaban J connectivity index is 1.41. The van der Waals surface area contributed by atoms with Gasteiger partial charge in [0.25, 0.3) is 0 Å². The first-order valence-electron chi connectivity index (χ1n) is 9.98. The number of hydrogen-bond acceptors (Lipinski definition) is 4. The van der Waals surface area contributed by atoms with Crippen molar-refractivity contribution in [3.63, 3.8) is 0 Å². The third kappa shape index (κ3) is 3.26. The van der Waals surface area contributed by atoms with Gasteiger partial charge in [0.15, 0.2) is 0 Å². The lowest BCUT2D eigenvalue weighted by Crippen LogP contribution is -2.07. The molecule has 4 aromatic rings. The van der Waals surface area contributed by atoms with E-state index in [2.05, 4.69) is 21.4 Å². The number of halogens is 1. The van der Waals surface area contributed by atoms with E-state index in [0.717, 1.165) is 52.5 Å². The van der Waals surface area contributed by atoms with E-state index in [1.54, 1.807) is 13.4 Å². The lowest BCUT2D eigenvalue weighted by Gasteiger charge is -2.11. The molecule has 0 bridgehead atoms. The van der Waals surface area contributed by atoms with Gasteiger partial charge < -0.3 is 9.30 Å². The number of aryl methyl sites for hydroxylation is 1. The molecule has 6 nitrogen and oxygen atoms in total. The molecule has 0 saturated heterocycles. The number of ether oxygens (including phenoxy) is 1. The van der Waals surface area contributed by atoms with Gasteiger partial charge in [-0.3, -0.25) is 0 Å². The van der Waals surface area contributed by atoms with Crippen LogP contribution in [0.25, 0.3) is 5.69 Å². The zero-order chi connectivity index (χ0) is 20.7. The van der Waals surface area contributed by atoms with Crippen LogP contribution in [0, 0.1) is 12.7 Å². The van der Waals surface area contributed by atoms with Crippen LogP contribution in [0.2, 0.25) is 0 Å². The van der Waals surface area contributed by atoms with Crippen LogP contribution in [-0.2, 0) is 12.8 Å². The quantitative estimate of drug-likeness (QED) is 0.505. The lowest BCUT2D eigenvalue weighted by molar-refractivity contribution is 0.412. The van der Waals surface area contributed by atoms with Crippen molar-refractivity contribution < 1.29 is 9.13 Å². The molecule has 5 rings (SSSR count). The molecule has 0 aliphatic carbocycles. The molecule has 0 N–H and O–H groups in total. The van der Waals surface area contributed by atoms with Crippen LogP contribution < -0.4 is 4.74 Å². The van der Waals surface area contributed by atoms with E-state index in [0.29, 0.717) is 6.42 Å². The summed E-state index contributed by atoms with van der Waals surface area (Å²) < 4.78 is 22.8. The molecule has 1 atom stereocenters. The first kappa shape index (κ1) is 18.5. The first-order valence-corrected chi connectivity index (χ1v) is 9.98. The van der Waals surface area contributed by atoms with Gasteiger partial charge in [-0.25, -0.2) is 14.1 Å². The number of methoxy groups -OCH3 is 1. The van der Waals surface area contributed by atoms with E-state index in [4.69, 9.17) is 4.74 Å². The van der Waals surface area contributed by atoms with Gasteiger partial charge in [0.1, 0.15) is 11.6 Å². The van der Waals surface area contributed by atoms with Gasteiger partial charge in [-0.05, 0) is 55.2 Å². The van der Waals surface area contributed by atoms with Gasteiger partial charge in [-0.2, -0.15) is 0 Å². The Morgan fingerprint density at radius 1 is 1.17 bits per heavy atom. The number of nitrogens with zero attached hydrogens (tertiary/aromatic N) is 5. The van der Waals surface area contributed by atoms with Gasteiger partial charge in [-0.15, -0.1) is 5.10 Å². The Bertz CT molecular complexity index is 1190. The van der Waals surface area contributed by atoms with Crippen molar-refractivity contribution in [2.45, 2.75) is 32.2 Å². The highest BCUT2D eigenvalue weighted by molar-refractivity contribution is 5.50. The summed E-state index contributed by atoms with van der Waals surface area (Å²) in [6.07, 6.45) is 6.30. The molecule has 7 heteroatoms. The summed E-state index contributed by atoms with van der Waals surface area (Å²) >= 11 is 0. The number of aromatic nitrogens is 5. The number of fused-ring (bicyclic) bond motifs is 1. The highest BCUT2D eigenvalue weighted by Crippen LogP contribution is 2.33. The summed E-state index contributed by atoms with van der Waals surface area (Å²) in [6, 6.07) is 13.0. The molecule has 2 aromatic carbocycles. The van der Waals surface area contributed by atoms with Crippen molar-refractivity contribution in [1.29, 1.82) is 0 Å². The zero-order valence-electron chi connectivity index (χ0n) is 16.9. The van der Waals surface area contributed by atoms with Gasteiger partial charge in [0, 0.05) is 12.6 Å². The van der Waals surface area contributed by atoms with Crippen molar-refractivity contribution >= 4 is 0 Å². The van der Waals surface area contributed by atoms with Crippen molar-refractivity contribution in [2.75, 3.05) is 7.11 Å². The minimum absolute atomic E-state index is 0.114. The normalized spacial score (nSPS) is 15.4. The summed E-state index contributed by atoms with van der Waals surface area (Å²) in [6.45, 7) is 1.96. The smallest absolute Gasteiger partial charge is 0.143 e. The van der Waals surface area contributed by atoms with Crippen LogP contribution >= 0.6 is 0 Å². The molecule has 3 heterocycles. The first-order chi connectivity index (χ1) is 14.6. The molecule has 0 fully saturated rings. The minimum atomic E-state index is -0.223. The number of benzene rings is 2. The molecule has 1 aliphatic rings. The van der Waals surface area contributed by atoms with Gasteiger partial charge >= 0.3 is 0 Å². The maximum atomic E-state index is 13.3. The van der Waals surface area contributed by atoms with Crippen LogP contribution in [0.4, 0.5) is 4.39 Å². The highest BCUT2D eigenvalue weighted by atomic mass is 19.1. The second kappa shape index (κ2) is 7.40. The predicted molar refractivity (Wildman–Crippen MR) is 111 cm³/mol. The third-order valence-electron chi connectivity index (χ3n) is 5.68. The molecular weight excluding hydrogens is 381 g/mol. The van der Waals surface area contributed by atoms with Crippen molar-refractivity contribution in [3.8, 4) is 11.4 Å². The van der Waals surface area contributed by atoms with Gasteiger partial charge in [-0.1, -0.05) is 23.4 Å². The SMILES string of the molecule is COc1cc(Cc2nnn3c2CCC3c2ccc(F)cc2)ccc1-n1cnc(C)c1. The standard InChI is InChI=1S/C23H22FN5O/c1-15-13-28(14-25-15)22-8-3-16(12-23(22)30-2)11-19-21-10-9-20(29(21)27-26-19)17-4-6-18(24)7-5-17/h3-8,12-14,20H,9-11H2,1-2H3. The topological polar surface area (TPSA) is 57.8 Å². The zero-order valence-corrected chi connectivity index (χ0v) is 16.9. The molecule has 0 spiro atoms. The Hall–Kier alpha value is -3.48. The highest BCUT2D eigenvalue weighted by Gasteiger charge is 2.28. The molecule has 0 radical (unpaired) electrons. The number of imidazole rings is 1. The molecular formula is C23H22FN5O. The second-order valence-corrected chi connectivity index (χ2v) is 7.64. The summed E-state index contributed by atoms with van der Waals surface area (Å²) in [5.41, 5.74) is 6.21. The molecule has 0 amide bonds. The Labute approximate surface area is 173 Å². The van der Waals surface area contributed by atoms with Crippen LogP contribution in [-0.4, -0.2) is 31.7 Å². The fourth-order valence-electron chi connectivity index (χ4n) is 4.17. The average Bonchev–Trinajstić information content (AvgIpc) is 3.46. The van der Waals surface area contributed by atoms with E-state index < -0.39 is 0 Å². The number of rotatable bonds is 5. The van der Waals surface area contributed by atoms with Crippen LogP contribution in [0.1, 0.15) is 40.7 Å². The molecule has 152 valence electrons. The van der Waals surface area contributed by atoms with E-state index in [1.807, 2.05) is 46.6 Å². The van der Waals surface area contributed by atoms with Crippen LogP contribution in [0.15, 0.2) is 55.0 Å². The summed E-state index contributed by atoms with van der Waals surface area (Å²) in [4.78, 5) is 4.29. The van der Waals surface area contributed by atoms with E-state index in [9.17, 15) is 4.39 Å². The van der Waals surface area contributed by atoms with E-state index in [-0.39, 0.29) is 11.9 Å². The van der Waals surface area contributed by atoms with E-state index in [1.165, 1.54) is 12.1 Å². The molecule has 0 saturated carbocycles. The van der Waals surface area contributed by atoms with Gasteiger partial charge in [0.2, 0.25) is 0 Å². The monoisotopic (exact) mass is 403 g/mol. The Kier molecular flexibility index (Phi) is 4.58. The van der Waals surface area contributed by atoms with Gasteiger partial charge in [0.05, 0.1) is 42.2 Å². The molecule has 1 aliphatic heterocycles. The molecule has 1 unspecified atom stereocenters. The maximum Gasteiger partial charge on any atom is 0.143 e. The molecule has 2 aromatic heterocycles. The fraction of sp³-hybridized carbons (Fsp3) is 0.261. The third-order valence-corrected chi connectivity index (χ3v) is 5.68. The van der Waals surface area contributed by atoms with E-state index >= 15 is 0 Å². The Morgan fingerprint density at radius 2 is 2.00 bits per heavy atom. The molecule has 30 heavy (non-hydrogen) atoms. The fourth-order valence-corrected chi connectivity index (χ4v) is 4.17. The second-order valence-electron chi connectivity index (χ2n) is 7.64. The minimum Gasteiger partial charge on any atom is -0.495 e. The summed E-state index contributed by atoms with van der Waals surface area (Å²) in [5, 5.41) is 8.86. The average molecular weight is 403 g/mol. The summed E-state index contributed by atoms with van der Waals surface area (Å²) in [7, 11) is 1.68. The maximum absolute atomic E-state index is 13.3. The van der Waals surface area contributed by atoms with Crippen LogP contribution in [0.3, 0.4) is 0 Å². The van der Waals surface area contributed by atoms with Crippen molar-refractivity contribution in [1.82, 2.24) is 24.5 Å². The largest absolute Gasteiger partial charge is 0.495 e. The van der Waals surface area contributed by atoms with Crippen molar-refractivity contribution in [3.05, 3.63) is 89.0 Å². The summed E-state index contributed by atoms with van der Waals surface area (Å²) in [5.74, 6) is 0.567. The van der Waals surface area contributed by atoms with Crippen LogP contribution in [0.5, 0.6) is 5.75 Å².